The van der Waals surface area contributed by atoms with Crippen molar-refractivity contribution in [1.29, 1.82) is 0 Å². The molecule has 0 radical (unpaired) electrons. The SMILES string of the molecule is CC(=O)c1nc2ccc(OCC(F)(F)C(F)F)cc2cc1OCc1ccccc1. The lowest BCUT2D eigenvalue weighted by atomic mass is 10.1. The number of nitrogens with zero attached hydrogens (tertiary/aromatic N) is 1. The Bertz CT molecular complexity index is 1010. The summed E-state index contributed by atoms with van der Waals surface area (Å²) >= 11 is 0. The lowest BCUT2D eigenvalue weighted by molar-refractivity contribution is -0.148. The van der Waals surface area contributed by atoms with Crippen LogP contribution >= 0.6 is 0 Å². The van der Waals surface area contributed by atoms with E-state index in [1.54, 1.807) is 6.07 Å². The Morgan fingerprint density at radius 1 is 1.07 bits per heavy atom. The second-order valence-corrected chi connectivity index (χ2v) is 6.37. The molecule has 0 aliphatic heterocycles. The zero-order chi connectivity index (χ0) is 21.0. The fourth-order valence-electron chi connectivity index (χ4n) is 2.57. The summed E-state index contributed by atoms with van der Waals surface area (Å²) in [5, 5.41) is 0.455. The molecule has 2 aromatic carbocycles. The van der Waals surface area contributed by atoms with Crippen molar-refractivity contribution in [1.82, 2.24) is 4.98 Å². The first-order valence-electron chi connectivity index (χ1n) is 8.67. The van der Waals surface area contributed by atoms with Gasteiger partial charge in [0.1, 0.15) is 23.8 Å². The number of ketones is 1. The molecule has 0 bridgehead atoms. The van der Waals surface area contributed by atoms with Crippen LogP contribution < -0.4 is 9.47 Å². The van der Waals surface area contributed by atoms with Crippen LogP contribution in [0.4, 0.5) is 17.6 Å². The molecular formula is C21H17F4NO3. The van der Waals surface area contributed by atoms with Gasteiger partial charge in [-0.3, -0.25) is 4.79 Å². The summed E-state index contributed by atoms with van der Waals surface area (Å²) in [4.78, 5) is 16.2. The number of benzene rings is 2. The van der Waals surface area contributed by atoms with Gasteiger partial charge in [-0.1, -0.05) is 30.3 Å². The number of carbonyl (C=O) groups is 1. The quantitative estimate of drug-likeness (QED) is 0.376. The molecule has 0 spiro atoms. The van der Waals surface area contributed by atoms with Crippen LogP contribution in [-0.2, 0) is 6.61 Å². The molecule has 152 valence electrons. The van der Waals surface area contributed by atoms with Gasteiger partial charge >= 0.3 is 12.3 Å². The first-order chi connectivity index (χ1) is 13.8. The number of hydrogen-bond donors (Lipinski definition) is 0. The number of pyridine rings is 1. The Morgan fingerprint density at radius 3 is 2.45 bits per heavy atom. The van der Waals surface area contributed by atoms with Crippen LogP contribution in [0.25, 0.3) is 10.9 Å². The summed E-state index contributed by atoms with van der Waals surface area (Å²) in [5.74, 6) is -4.35. The zero-order valence-corrected chi connectivity index (χ0v) is 15.4. The van der Waals surface area contributed by atoms with Crippen LogP contribution in [0.1, 0.15) is 23.0 Å². The maximum atomic E-state index is 13.1. The number of fused-ring (bicyclic) bond motifs is 1. The number of ether oxygens (including phenoxy) is 2. The molecule has 4 nitrogen and oxygen atoms in total. The van der Waals surface area contributed by atoms with E-state index in [0.717, 1.165) is 5.56 Å². The van der Waals surface area contributed by atoms with Gasteiger partial charge in [0, 0.05) is 12.3 Å². The molecule has 3 aromatic rings. The lowest BCUT2D eigenvalue weighted by Crippen LogP contribution is -2.33. The molecule has 8 heteroatoms. The van der Waals surface area contributed by atoms with Crippen LogP contribution in [0.3, 0.4) is 0 Å². The van der Waals surface area contributed by atoms with Crippen molar-refractivity contribution in [2.75, 3.05) is 6.61 Å². The highest BCUT2D eigenvalue weighted by Crippen LogP contribution is 2.29. The normalized spacial score (nSPS) is 11.7. The molecular weight excluding hydrogens is 390 g/mol. The molecule has 0 N–H and O–H groups in total. The van der Waals surface area contributed by atoms with Gasteiger partial charge in [0.2, 0.25) is 0 Å². The van der Waals surface area contributed by atoms with Crippen LogP contribution in [0.5, 0.6) is 11.5 Å². The minimum Gasteiger partial charge on any atom is -0.487 e. The van der Waals surface area contributed by atoms with Crippen LogP contribution in [0.15, 0.2) is 54.6 Å². The van der Waals surface area contributed by atoms with Crippen LogP contribution in [0, 0.1) is 0 Å². The van der Waals surface area contributed by atoms with Gasteiger partial charge in [0.25, 0.3) is 0 Å². The highest BCUT2D eigenvalue weighted by atomic mass is 19.3. The standard InChI is InChI=1S/C21H17F4NO3/c1-13(27)19-18(28-11-14-5-3-2-4-6-14)10-15-9-16(7-8-17(15)26-19)29-12-21(24,25)20(22)23/h2-10,20H,11-12H2,1H3. The summed E-state index contributed by atoms with van der Waals surface area (Å²) in [6.45, 7) is 0.102. The van der Waals surface area contributed by atoms with Crippen LogP contribution in [0.2, 0.25) is 0 Å². The Kier molecular flexibility index (Phi) is 6.00. The van der Waals surface area contributed by atoms with E-state index in [-0.39, 0.29) is 29.6 Å². The average molecular weight is 407 g/mol. The molecule has 1 heterocycles. The van der Waals surface area contributed by atoms with Crippen molar-refractivity contribution < 1.29 is 31.8 Å². The van der Waals surface area contributed by atoms with Gasteiger partial charge in [-0.25, -0.2) is 13.8 Å². The molecule has 0 unspecified atom stereocenters. The first kappa shape index (κ1) is 20.6. The van der Waals surface area contributed by atoms with Crippen molar-refractivity contribution in [2.24, 2.45) is 0 Å². The predicted octanol–water partition coefficient (Wildman–Crippen LogP) is 5.30. The Labute approximate surface area is 164 Å². The predicted molar refractivity (Wildman–Crippen MR) is 99.0 cm³/mol. The lowest BCUT2D eigenvalue weighted by Gasteiger charge is -2.16. The molecule has 29 heavy (non-hydrogen) atoms. The molecule has 0 saturated carbocycles. The Hall–Kier alpha value is -3.16. The highest BCUT2D eigenvalue weighted by Gasteiger charge is 2.41. The second-order valence-electron chi connectivity index (χ2n) is 6.37. The average Bonchev–Trinajstić information content (AvgIpc) is 2.70. The minimum absolute atomic E-state index is 0.0239. The van der Waals surface area contributed by atoms with Gasteiger partial charge in [-0.2, -0.15) is 8.78 Å². The van der Waals surface area contributed by atoms with Crippen molar-refractivity contribution in [3.05, 3.63) is 65.9 Å². The fraction of sp³-hybridized carbons (Fsp3) is 0.238. The number of rotatable bonds is 8. The van der Waals surface area contributed by atoms with E-state index < -0.39 is 19.0 Å². The summed E-state index contributed by atoms with van der Waals surface area (Å²) in [7, 11) is 0. The highest BCUT2D eigenvalue weighted by molar-refractivity contribution is 5.98. The molecule has 0 atom stereocenters. The molecule has 0 saturated heterocycles. The molecule has 1 aromatic heterocycles. The van der Waals surface area contributed by atoms with E-state index in [2.05, 4.69) is 4.98 Å². The smallest absolute Gasteiger partial charge is 0.340 e. The maximum Gasteiger partial charge on any atom is 0.340 e. The van der Waals surface area contributed by atoms with E-state index in [0.29, 0.717) is 10.9 Å². The number of Topliss-reactive ketones (excluding diaryl/α,β-unsaturated/α-hetero) is 1. The third kappa shape index (κ3) is 5.01. The van der Waals surface area contributed by atoms with Gasteiger partial charge in [0.05, 0.1) is 5.52 Å². The van der Waals surface area contributed by atoms with Crippen molar-refractivity contribution in [2.45, 2.75) is 25.9 Å². The van der Waals surface area contributed by atoms with E-state index in [9.17, 15) is 22.4 Å². The number of carbonyl (C=O) groups excluding carboxylic acids is 1. The van der Waals surface area contributed by atoms with Crippen molar-refractivity contribution >= 4 is 16.7 Å². The largest absolute Gasteiger partial charge is 0.487 e. The number of alkyl halides is 4. The first-order valence-corrected chi connectivity index (χ1v) is 8.67. The van der Waals surface area contributed by atoms with Gasteiger partial charge in [0.15, 0.2) is 12.4 Å². The van der Waals surface area contributed by atoms with Crippen molar-refractivity contribution in [3.63, 3.8) is 0 Å². The molecule has 0 amide bonds. The Morgan fingerprint density at radius 2 is 1.79 bits per heavy atom. The van der Waals surface area contributed by atoms with Gasteiger partial charge < -0.3 is 9.47 Å². The number of halogens is 4. The molecule has 0 aliphatic carbocycles. The van der Waals surface area contributed by atoms with Crippen LogP contribution in [-0.4, -0.2) is 29.7 Å². The topological polar surface area (TPSA) is 48.4 Å². The van der Waals surface area contributed by atoms with Gasteiger partial charge in [-0.05, 0) is 29.8 Å². The zero-order valence-electron chi connectivity index (χ0n) is 15.4. The number of aromatic nitrogens is 1. The Balaban J connectivity index is 1.87. The van der Waals surface area contributed by atoms with E-state index in [1.165, 1.54) is 25.1 Å². The van der Waals surface area contributed by atoms with E-state index >= 15 is 0 Å². The summed E-state index contributed by atoms with van der Waals surface area (Å²) in [6.07, 6.45) is -3.82. The summed E-state index contributed by atoms with van der Waals surface area (Å²) < 4.78 is 61.2. The summed E-state index contributed by atoms with van der Waals surface area (Å²) in [5.41, 5.74) is 1.43. The maximum absolute atomic E-state index is 13.1. The van der Waals surface area contributed by atoms with Gasteiger partial charge in [-0.15, -0.1) is 0 Å². The second kappa shape index (κ2) is 8.46. The molecule has 0 fully saturated rings. The molecule has 3 rings (SSSR count). The number of hydrogen-bond acceptors (Lipinski definition) is 4. The third-order valence-electron chi connectivity index (χ3n) is 4.07. The van der Waals surface area contributed by atoms with Crippen molar-refractivity contribution in [3.8, 4) is 11.5 Å². The molecule has 0 aliphatic rings. The van der Waals surface area contributed by atoms with E-state index in [1.807, 2.05) is 30.3 Å². The fourth-order valence-corrected chi connectivity index (χ4v) is 2.57. The summed E-state index contributed by atoms with van der Waals surface area (Å²) in [6, 6.07) is 15.0. The third-order valence-corrected chi connectivity index (χ3v) is 4.07. The van der Waals surface area contributed by atoms with E-state index in [4.69, 9.17) is 9.47 Å². The monoisotopic (exact) mass is 407 g/mol. The minimum atomic E-state index is -4.25.